The maximum absolute atomic E-state index is 12.0. The highest BCUT2D eigenvalue weighted by Crippen LogP contribution is 2.29. The van der Waals surface area contributed by atoms with E-state index in [1.807, 2.05) is 13.0 Å². The zero-order valence-electron chi connectivity index (χ0n) is 12.6. The van der Waals surface area contributed by atoms with Crippen LogP contribution >= 0.6 is 0 Å². The van der Waals surface area contributed by atoms with Crippen molar-refractivity contribution in [2.75, 3.05) is 0 Å². The molecule has 0 aliphatic heterocycles. The Labute approximate surface area is 132 Å². The first kappa shape index (κ1) is 16.2. The van der Waals surface area contributed by atoms with Crippen molar-refractivity contribution >= 4 is 17.3 Å². The van der Waals surface area contributed by atoms with E-state index in [1.165, 1.54) is 25.1 Å². The summed E-state index contributed by atoms with van der Waals surface area (Å²) in [6, 6.07) is 11.1. The monoisotopic (exact) mass is 313 g/mol. The third-order valence-corrected chi connectivity index (χ3v) is 3.21. The molecule has 2 aromatic carbocycles. The Bertz CT molecular complexity index is 800. The van der Waals surface area contributed by atoms with Crippen LogP contribution < -0.4 is 5.43 Å². The summed E-state index contributed by atoms with van der Waals surface area (Å²) >= 11 is 0. The van der Waals surface area contributed by atoms with Crippen LogP contribution in [0.4, 0.5) is 5.69 Å². The third kappa shape index (κ3) is 3.70. The third-order valence-electron chi connectivity index (χ3n) is 3.21. The van der Waals surface area contributed by atoms with Crippen molar-refractivity contribution in [3.63, 3.8) is 0 Å². The van der Waals surface area contributed by atoms with Gasteiger partial charge >= 0.3 is 5.69 Å². The number of phenolic OH excluding ortho intramolecular Hbond substituents is 1. The minimum absolute atomic E-state index is 0.184. The number of carbonyl (C=O) groups excluding carboxylic acids is 1. The largest absolute Gasteiger partial charge is 0.502 e. The molecule has 1 amide bonds. The minimum Gasteiger partial charge on any atom is -0.502 e. The molecule has 2 rings (SSSR count). The smallest absolute Gasteiger partial charge is 0.311 e. The van der Waals surface area contributed by atoms with E-state index in [2.05, 4.69) is 10.5 Å². The second kappa shape index (κ2) is 6.69. The van der Waals surface area contributed by atoms with Crippen LogP contribution in [0.25, 0.3) is 0 Å². The van der Waals surface area contributed by atoms with Gasteiger partial charge in [-0.15, -0.1) is 0 Å². The first-order valence-corrected chi connectivity index (χ1v) is 6.78. The van der Waals surface area contributed by atoms with Crippen LogP contribution in [-0.2, 0) is 0 Å². The second-order valence-electron chi connectivity index (χ2n) is 4.94. The number of aromatic hydroxyl groups is 1. The SMILES string of the molecule is C/C(=N\NC(=O)c1cccc(C)c1)c1cccc([N+](=O)[O-])c1O. The number of hydrogen-bond acceptors (Lipinski definition) is 5. The lowest BCUT2D eigenvalue weighted by Crippen LogP contribution is -2.19. The predicted molar refractivity (Wildman–Crippen MR) is 85.6 cm³/mol. The molecule has 2 aromatic rings. The summed E-state index contributed by atoms with van der Waals surface area (Å²) in [5.74, 6) is -0.887. The van der Waals surface area contributed by atoms with E-state index < -0.39 is 22.3 Å². The zero-order valence-corrected chi connectivity index (χ0v) is 12.6. The molecule has 23 heavy (non-hydrogen) atoms. The number of carbonyl (C=O) groups is 1. The van der Waals surface area contributed by atoms with Crippen LogP contribution in [0.1, 0.15) is 28.4 Å². The summed E-state index contributed by atoms with van der Waals surface area (Å²) in [4.78, 5) is 22.1. The van der Waals surface area contributed by atoms with Crippen LogP contribution in [0.3, 0.4) is 0 Å². The molecule has 0 spiro atoms. The fraction of sp³-hybridized carbons (Fsp3) is 0.125. The van der Waals surface area contributed by atoms with Gasteiger partial charge in [-0.3, -0.25) is 14.9 Å². The van der Waals surface area contributed by atoms with Gasteiger partial charge in [-0.25, -0.2) is 5.43 Å². The normalized spacial score (nSPS) is 11.1. The summed E-state index contributed by atoms with van der Waals surface area (Å²) < 4.78 is 0. The van der Waals surface area contributed by atoms with Gasteiger partial charge < -0.3 is 5.11 Å². The second-order valence-corrected chi connectivity index (χ2v) is 4.94. The minimum atomic E-state index is -0.683. The number of hydrazone groups is 1. The van der Waals surface area contributed by atoms with Crippen LogP contribution in [-0.4, -0.2) is 21.6 Å². The summed E-state index contributed by atoms with van der Waals surface area (Å²) in [6.45, 7) is 3.40. The van der Waals surface area contributed by atoms with Gasteiger partial charge in [0.05, 0.1) is 10.6 Å². The van der Waals surface area contributed by atoms with Crippen molar-refractivity contribution in [2.45, 2.75) is 13.8 Å². The number of nitrogens with zero attached hydrogens (tertiary/aromatic N) is 2. The molecule has 0 radical (unpaired) electrons. The highest BCUT2D eigenvalue weighted by molar-refractivity contribution is 6.03. The van der Waals surface area contributed by atoms with Gasteiger partial charge in [0.15, 0.2) is 0 Å². The average Bonchev–Trinajstić information content (AvgIpc) is 2.52. The van der Waals surface area contributed by atoms with Gasteiger partial charge in [-0.05, 0) is 32.0 Å². The molecule has 2 N–H and O–H groups in total. The molecule has 7 heteroatoms. The Morgan fingerprint density at radius 2 is 1.96 bits per heavy atom. The van der Waals surface area contributed by atoms with Gasteiger partial charge in [0.1, 0.15) is 0 Å². The summed E-state index contributed by atoms with van der Waals surface area (Å²) in [7, 11) is 0. The Hall–Kier alpha value is -3.22. The van der Waals surface area contributed by atoms with Crippen molar-refractivity contribution in [3.8, 4) is 5.75 Å². The van der Waals surface area contributed by atoms with Crippen molar-refractivity contribution < 1.29 is 14.8 Å². The molecule has 0 bridgehead atoms. The highest BCUT2D eigenvalue weighted by atomic mass is 16.6. The maximum atomic E-state index is 12.0. The Kier molecular flexibility index (Phi) is 4.70. The number of hydrogen-bond donors (Lipinski definition) is 2. The predicted octanol–water partition coefficient (Wildman–Crippen LogP) is 2.76. The molecule has 0 aromatic heterocycles. The molecule has 7 nitrogen and oxygen atoms in total. The van der Waals surface area contributed by atoms with Crippen molar-refractivity contribution in [1.29, 1.82) is 0 Å². The number of rotatable bonds is 4. The molecule has 0 saturated heterocycles. The first-order chi connectivity index (χ1) is 10.9. The fourth-order valence-corrected chi connectivity index (χ4v) is 2.02. The van der Waals surface area contributed by atoms with Gasteiger partial charge in [0.25, 0.3) is 5.91 Å². The Balaban J connectivity index is 2.22. The molecule has 0 saturated carbocycles. The molecule has 0 heterocycles. The summed E-state index contributed by atoms with van der Waals surface area (Å²) in [6.07, 6.45) is 0. The van der Waals surface area contributed by atoms with Crippen LogP contribution in [0.5, 0.6) is 5.75 Å². The number of nitro groups is 1. The summed E-state index contributed by atoms with van der Waals surface area (Å²) in [5, 5.41) is 24.6. The van der Waals surface area contributed by atoms with Crippen LogP contribution in [0, 0.1) is 17.0 Å². The van der Waals surface area contributed by atoms with E-state index in [1.54, 1.807) is 18.2 Å². The van der Waals surface area contributed by atoms with Gasteiger partial charge in [-0.2, -0.15) is 5.10 Å². The number of para-hydroxylation sites is 1. The molecule has 0 unspecified atom stereocenters. The van der Waals surface area contributed by atoms with Gasteiger partial charge in [0, 0.05) is 17.2 Å². The van der Waals surface area contributed by atoms with Gasteiger partial charge in [0.2, 0.25) is 5.75 Å². The lowest BCUT2D eigenvalue weighted by molar-refractivity contribution is -0.385. The maximum Gasteiger partial charge on any atom is 0.311 e. The average molecular weight is 313 g/mol. The summed E-state index contributed by atoms with van der Waals surface area (Å²) in [5.41, 5.74) is 3.78. The fourth-order valence-electron chi connectivity index (χ4n) is 2.02. The van der Waals surface area contributed by atoms with Crippen molar-refractivity contribution in [1.82, 2.24) is 5.43 Å². The molecule has 0 aliphatic carbocycles. The number of nitrogens with one attached hydrogen (secondary N) is 1. The molecule has 0 aliphatic rings. The molecule has 118 valence electrons. The number of nitro benzene ring substituents is 1. The number of benzene rings is 2. The lowest BCUT2D eigenvalue weighted by Gasteiger charge is -2.06. The molecular formula is C16H15N3O4. The number of amides is 1. The number of phenols is 1. The van der Waals surface area contributed by atoms with E-state index in [-0.39, 0.29) is 11.3 Å². The topological polar surface area (TPSA) is 105 Å². The molecule has 0 atom stereocenters. The van der Waals surface area contributed by atoms with E-state index in [0.29, 0.717) is 5.56 Å². The van der Waals surface area contributed by atoms with Crippen molar-refractivity contribution in [3.05, 3.63) is 69.3 Å². The molecule has 0 fully saturated rings. The zero-order chi connectivity index (χ0) is 17.0. The first-order valence-electron chi connectivity index (χ1n) is 6.78. The standard InChI is InChI=1S/C16H15N3O4/c1-10-5-3-6-12(9-10)16(21)18-17-11(2)13-7-4-8-14(15(13)20)19(22)23/h3-9,20H,1-2H3,(H,18,21)/b17-11+. The van der Waals surface area contributed by atoms with Crippen LogP contribution in [0.15, 0.2) is 47.6 Å². The Morgan fingerprint density at radius 1 is 1.26 bits per heavy atom. The van der Waals surface area contributed by atoms with E-state index in [4.69, 9.17) is 0 Å². The lowest BCUT2D eigenvalue weighted by atomic mass is 10.1. The van der Waals surface area contributed by atoms with Crippen molar-refractivity contribution in [2.24, 2.45) is 5.10 Å². The Morgan fingerprint density at radius 3 is 2.61 bits per heavy atom. The van der Waals surface area contributed by atoms with E-state index in [9.17, 15) is 20.0 Å². The van der Waals surface area contributed by atoms with E-state index in [0.717, 1.165) is 5.56 Å². The number of aryl methyl sites for hydroxylation is 1. The highest BCUT2D eigenvalue weighted by Gasteiger charge is 2.18. The molecular weight excluding hydrogens is 298 g/mol. The quantitative estimate of drug-likeness (QED) is 0.514. The van der Waals surface area contributed by atoms with Gasteiger partial charge in [-0.1, -0.05) is 23.8 Å². The van der Waals surface area contributed by atoms with E-state index >= 15 is 0 Å². The van der Waals surface area contributed by atoms with Crippen LogP contribution in [0.2, 0.25) is 0 Å².